The van der Waals surface area contributed by atoms with Crippen LogP contribution >= 0.6 is 0 Å². The summed E-state index contributed by atoms with van der Waals surface area (Å²) >= 11 is 0. The molecule has 0 spiro atoms. The first-order valence-electron chi connectivity index (χ1n) is 7.11. The second kappa shape index (κ2) is 5.14. The molecule has 1 fully saturated rings. The van der Waals surface area contributed by atoms with Crippen LogP contribution in [0, 0.1) is 5.92 Å². The van der Waals surface area contributed by atoms with Crippen molar-refractivity contribution in [2.75, 3.05) is 7.11 Å². The second-order valence-electron chi connectivity index (χ2n) is 5.91. The maximum Gasteiger partial charge on any atom is 0.329 e. The van der Waals surface area contributed by atoms with E-state index in [4.69, 9.17) is 4.74 Å². The van der Waals surface area contributed by atoms with Gasteiger partial charge in [0.2, 0.25) is 5.91 Å². The van der Waals surface area contributed by atoms with Crippen LogP contribution in [0.1, 0.15) is 25.0 Å². The van der Waals surface area contributed by atoms with E-state index < -0.39 is 11.5 Å². The molecule has 1 aliphatic heterocycles. The van der Waals surface area contributed by atoms with Crippen molar-refractivity contribution in [1.82, 2.24) is 14.9 Å². The quantitative estimate of drug-likeness (QED) is 0.827. The van der Waals surface area contributed by atoms with Gasteiger partial charge in [-0.1, -0.05) is 0 Å². The van der Waals surface area contributed by atoms with Crippen LogP contribution in [0.4, 0.5) is 0 Å². The van der Waals surface area contributed by atoms with Crippen LogP contribution in [-0.4, -0.2) is 45.3 Å². The Morgan fingerprint density at radius 3 is 2.95 bits per heavy atom. The number of aryl methyl sites for hydroxylation is 1. The van der Waals surface area contributed by atoms with Gasteiger partial charge in [-0.2, -0.15) is 0 Å². The van der Waals surface area contributed by atoms with E-state index in [-0.39, 0.29) is 17.9 Å². The minimum absolute atomic E-state index is 0.0887. The molecule has 1 aliphatic carbocycles. The Hall–Kier alpha value is -1.89. The number of nitrogens with one attached hydrogen (secondary N) is 1. The molecule has 3 rings (SSSR count). The number of hydrogen-bond donors (Lipinski definition) is 2. The van der Waals surface area contributed by atoms with Gasteiger partial charge >= 0.3 is 5.97 Å². The number of fused-ring (bicyclic) bond motifs is 1. The fourth-order valence-corrected chi connectivity index (χ4v) is 3.14. The van der Waals surface area contributed by atoms with Gasteiger partial charge in [-0.25, -0.2) is 9.78 Å². The molecule has 1 unspecified atom stereocenters. The van der Waals surface area contributed by atoms with Crippen molar-refractivity contribution in [2.24, 2.45) is 5.92 Å². The van der Waals surface area contributed by atoms with Crippen LogP contribution in [0.3, 0.4) is 0 Å². The number of rotatable bonds is 4. The van der Waals surface area contributed by atoms with Gasteiger partial charge in [-0.05, 0) is 6.42 Å². The van der Waals surface area contributed by atoms with Crippen LogP contribution in [-0.2, 0) is 27.3 Å². The smallest absolute Gasteiger partial charge is 0.329 e. The zero-order valence-electron chi connectivity index (χ0n) is 11.9. The predicted molar refractivity (Wildman–Crippen MR) is 72.6 cm³/mol. The monoisotopic (exact) mass is 293 g/mol. The van der Waals surface area contributed by atoms with Crippen molar-refractivity contribution in [1.29, 1.82) is 0 Å². The van der Waals surface area contributed by atoms with Gasteiger partial charge in [0.25, 0.3) is 0 Å². The van der Waals surface area contributed by atoms with E-state index in [0.717, 1.165) is 12.2 Å². The first-order valence-corrected chi connectivity index (χ1v) is 7.11. The zero-order valence-corrected chi connectivity index (χ0v) is 11.9. The first kappa shape index (κ1) is 14.1. The first-order chi connectivity index (χ1) is 10.0. The SMILES string of the molecule is COC1CC(NC(=O)C2CCn3cncc3C2)(C(=O)O)C1. The van der Waals surface area contributed by atoms with Crippen molar-refractivity contribution in [2.45, 2.75) is 43.9 Å². The van der Waals surface area contributed by atoms with E-state index in [0.29, 0.717) is 25.7 Å². The largest absolute Gasteiger partial charge is 0.480 e. The molecular weight excluding hydrogens is 274 g/mol. The number of imidazole rings is 1. The molecule has 0 aromatic carbocycles. The maximum atomic E-state index is 12.4. The number of amides is 1. The summed E-state index contributed by atoms with van der Waals surface area (Å²) < 4.78 is 7.16. The number of carboxylic acid groups (broad SMARTS) is 1. The van der Waals surface area contributed by atoms with Crippen LogP contribution in [0.5, 0.6) is 0 Å². The fraction of sp³-hybridized carbons (Fsp3) is 0.643. The van der Waals surface area contributed by atoms with Crippen molar-refractivity contribution < 1.29 is 19.4 Å². The van der Waals surface area contributed by atoms with Gasteiger partial charge < -0.3 is 19.7 Å². The minimum Gasteiger partial charge on any atom is -0.480 e. The van der Waals surface area contributed by atoms with Gasteiger partial charge in [0.15, 0.2) is 0 Å². The molecule has 2 aliphatic rings. The van der Waals surface area contributed by atoms with Crippen LogP contribution in [0.15, 0.2) is 12.5 Å². The lowest BCUT2D eigenvalue weighted by Crippen LogP contribution is -2.65. The third kappa shape index (κ3) is 2.42. The molecular formula is C14H19N3O4. The number of aromatic nitrogens is 2. The summed E-state index contributed by atoms with van der Waals surface area (Å²) in [6.07, 6.45) is 5.40. The number of hydrogen-bond acceptors (Lipinski definition) is 4. The van der Waals surface area contributed by atoms with Gasteiger partial charge in [0, 0.05) is 50.7 Å². The Morgan fingerprint density at radius 2 is 2.29 bits per heavy atom. The molecule has 0 radical (unpaired) electrons. The molecule has 2 N–H and O–H groups in total. The van der Waals surface area contributed by atoms with Crippen molar-refractivity contribution in [3.05, 3.63) is 18.2 Å². The molecule has 2 heterocycles. The average molecular weight is 293 g/mol. The van der Waals surface area contributed by atoms with Crippen LogP contribution in [0.2, 0.25) is 0 Å². The van der Waals surface area contributed by atoms with E-state index in [2.05, 4.69) is 10.3 Å². The standard InChI is InChI=1S/C14H19N3O4/c1-21-11-5-14(6-11,13(19)20)16-12(18)9-2-3-17-8-15-7-10(17)4-9/h7-9,11H,2-6H2,1H3,(H,16,18)(H,19,20). The summed E-state index contributed by atoms with van der Waals surface area (Å²) in [7, 11) is 1.56. The highest BCUT2D eigenvalue weighted by Crippen LogP contribution is 2.35. The van der Waals surface area contributed by atoms with Crippen LogP contribution in [0.25, 0.3) is 0 Å². The zero-order chi connectivity index (χ0) is 15.0. The van der Waals surface area contributed by atoms with Gasteiger partial charge in [-0.15, -0.1) is 0 Å². The number of carbonyl (C=O) groups is 2. The number of carbonyl (C=O) groups excluding carboxylic acids is 1. The number of ether oxygens (including phenoxy) is 1. The van der Waals surface area contributed by atoms with E-state index >= 15 is 0 Å². The van der Waals surface area contributed by atoms with Gasteiger partial charge in [-0.3, -0.25) is 4.79 Å². The summed E-state index contributed by atoms with van der Waals surface area (Å²) in [5, 5.41) is 12.1. The summed E-state index contributed by atoms with van der Waals surface area (Å²) in [4.78, 5) is 27.9. The summed E-state index contributed by atoms with van der Waals surface area (Å²) in [5.41, 5.74) is -0.135. The molecule has 1 aromatic heterocycles. The van der Waals surface area contributed by atoms with Gasteiger partial charge in [0.05, 0.1) is 12.4 Å². The molecule has 7 heteroatoms. The molecule has 7 nitrogen and oxygen atoms in total. The second-order valence-corrected chi connectivity index (χ2v) is 5.91. The highest BCUT2D eigenvalue weighted by Gasteiger charge is 2.52. The fourth-order valence-electron chi connectivity index (χ4n) is 3.14. The lowest BCUT2D eigenvalue weighted by atomic mass is 9.73. The summed E-state index contributed by atoms with van der Waals surface area (Å²) in [6.45, 7) is 0.744. The number of methoxy groups -OCH3 is 1. The predicted octanol–water partition coefficient (Wildman–Crippen LogP) is 0.194. The topological polar surface area (TPSA) is 93.5 Å². The Labute approximate surface area is 122 Å². The van der Waals surface area contributed by atoms with E-state index in [1.807, 2.05) is 4.57 Å². The van der Waals surface area contributed by atoms with Gasteiger partial charge in [0.1, 0.15) is 5.54 Å². The van der Waals surface area contributed by atoms with Crippen LogP contribution < -0.4 is 5.32 Å². The molecule has 21 heavy (non-hydrogen) atoms. The minimum atomic E-state index is -1.16. The Balaban J connectivity index is 1.65. The average Bonchev–Trinajstić information content (AvgIpc) is 2.88. The maximum absolute atomic E-state index is 12.4. The molecule has 0 saturated heterocycles. The lowest BCUT2D eigenvalue weighted by Gasteiger charge is -2.44. The number of aliphatic carboxylic acids is 1. The molecule has 0 bridgehead atoms. The molecule has 1 aromatic rings. The summed E-state index contributed by atoms with van der Waals surface area (Å²) in [6, 6.07) is 0. The van der Waals surface area contributed by atoms with E-state index in [9.17, 15) is 14.7 Å². The molecule has 1 amide bonds. The third-order valence-electron chi connectivity index (χ3n) is 4.60. The summed E-state index contributed by atoms with van der Waals surface area (Å²) in [5.74, 6) is -1.35. The third-order valence-corrected chi connectivity index (χ3v) is 4.60. The normalized spacial score (nSPS) is 31.1. The van der Waals surface area contributed by atoms with Crippen molar-refractivity contribution in [3.8, 4) is 0 Å². The van der Waals surface area contributed by atoms with Crippen molar-refractivity contribution >= 4 is 11.9 Å². The number of nitrogens with zero attached hydrogens (tertiary/aromatic N) is 2. The van der Waals surface area contributed by atoms with E-state index in [1.54, 1.807) is 19.6 Å². The Bertz CT molecular complexity index is 562. The Kier molecular flexibility index (Phi) is 3.44. The molecule has 1 saturated carbocycles. The molecule has 114 valence electrons. The highest BCUT2D eigenvalue weighted by molar-refractivity contribution is 5.89. The van der Waals surface area contributed by atoms with Crippen molar-refractivity contribution in [3.63, 3.8) is 0 Å². The number of carboxylic acids is 1. The lowest BCUT2D eigenvalue weighted by molar-refractivity contribution is -0.160. The highest BCUT2D eigenvalue weighted by atomic mass is 16.5. The molecule has 1 atom stereocenters. The van der Waals surface area contributed by atoms with E-state index in [1.165, 1.54) is 0 Å². The Morgan fingerprint density at radius 1 is 1.52 bits per heavy atom.